The van der Waals surface area contributed by atoms with Crippen LogP contribution in [0.3, 0.4) is 0 Å². The predicted molar refractivity (Wildman–Crippen MR) is 64.1 cm³/mol. The minimum Gasteiger partial charge on any atom is -0.469 e. The van der Waals surface area contributed by atoms with Crippen LogP contribution >= 0.6 is 0 Å². The number of hydrogen-bond acceptors (Lipinski definition) is 3. The normalized spacial score (nSPS) is 10.9. The van der Waals surface area contributed by atoms with Crippen molar-refractivity contribution in [2.75, 3.05) is 5.73 Å². The molecule has 0 unspecified atom stereocenters. The third-order valence-corrected chi connectivity index (χ3v) is 2.73. The van der Waals surface area contributed by atoms with E-state index in [0.29, 0.717) is 5.82 Å². The van der Waals surface area contributed by atoms with E-state index < -0.39 is 0 Å². The minimum atomic E-state index is 0.597. The topological polar surface area (TPSA) is 67.8 Å². The molecule has 0 aromatic carbocycles. The lowest BCUT2D eigenvalue weighted by atomic mass is 10.0. The van der Waals surface area contributed by atoms with Gasteiger partial charge in [0.25, 0.3) is 0 Å². The van der Waals surface area contributed by atoms with E-state index >= 15 is 0 Å². The van der Waals surface area contributed by atoms with Gasteiger partial charge in [0.2, 0.25) is 0 Å². The Morgan fingerprint density at radius 2 is 2.25 bits per heavy atom. The van der Waals surface area contributed by atoms with E-state index in [1.54, 1.807) is 6.26 Å². The van der Waals surface area contributed by atoms with Gasteiger partial charge in [-0.2, -0.15) is 5.10 Å². The number of nitrogens with two attached hydrogens (primary N) is 1. The quantitative estimate of drug-likeness (QED) is 0.830. The predicted octanol–water partition coefficient (Wildman–Crippen LogP) is 2.77. The summed E-state index contributed by atoms with van der Waals surface area (Å²) >= 11 is 0. The van der Waals surface area contributed by atoms with Gasteiger partial charge >= 0.3 is 0 Å². The van der Waals surface area contributed by atoms with Crippen molar-refractivity contribution in [2.24, 2.45) is 0 Å². The van der Waals surface area contributed by atoms with Gasteiger partial charge in [-0.3, -0.25) is 5.10 Å². The zero-order valence-corrected chi connectivity index (χ0v) is 9.71. The monoisotopic (exact) mass is 219 g/mol. The van der Waals surface area contributed by atoms with Crippen LogP contribution in [-0.2, 0) is 12.8 Å². The number of furan rings is 1. The molecular formula is C12H17N3O. The molecule has 0 aliphatic carbocycles. The Morgan fingerprint density at radius 1 is 1.44 bits per heavy atom. The van der Waals surface area contributed by atoms with E-state index in [9.17, 15) is 0 Å². The maximum atomic E-state index is 5.85. The van der Waals surface area contributed by atoms with Gasteiger partial charge in [-0.25, -0.2) is 0 Å². The minimum absolute atomic E-state index is 0.597. The molecule has 0 radical (unpaired) electrons. The Hall–Kier alpha value is -1.71. The number of hydrogen-bond donors (Lipinski definition) is 2. The van der Waals surface area contributed by atoms with Gasteiger partial charge in [0, 0.05) is 17.5 Å². The number of rotatable bonds is 4. The molecule has 4 heteroatoms. The molecule has 0 bridgehead atoms. The van der Waals surface area contributed by atoms with Crippen LogP contribution in [0.25, 0.3) is 11.3 Å². The number of aromatic amines is 1. The summed E-state index contributed by atoms with van der Waals surface area (Å²) in [5.74, 6) is 1.57. The summed E-state index contributed by atoms with van der Waals surface area (Å²) < 4.78 is 5.42. The summed E-state index contributed by atoms with van der Waals surface area (Å²) in [5.41, 5.74) is 9.03. The summed E-state index contributed by atoms with van der Waals surface area (Å²) in [5, 5.41) is 7.08. The molecule has 0 aliphatic heterocycles. The molecule has 0 fully saturated rings. The summed E-state index contributed by atoms with van der Waals surface area (Å²) in [6.45, 7) is 4.20. The molecule has 0 amide bonds. The highest BCUT2D eigenvalue weighted by Gasteiger charge is 2.15. The zero-order valence-electron chi connectivity index (χ0n) is 9.71. The highest BCUT2D eigenvalue weighted by Crippen LogP contribution is 2.30. The van der Waals surface area contributed by atoms with Gasteiger partial charge in [-0.1, -0.05) is 20.3 Å². The smallest absolute Gasteiger partial charge is 0.149 e. The third-order valence-electron chi connectivity index (χ3n) is 2.73. The Kier molecular flexibility index (Phi) is 2.99. The van der Waals surface area contributed by atoms with Crippen molar-refractivity contribution in [1.29, 1.82) is 0 Å². The molecule has 0 saturated carbocycles. The third kappa shape index (κ3) is 1.71. The van der Waals surface area contributed by atoms with Gasteiger partial charge in [0.05, 0.1) is 12.0 Å². The van der Waals surface area contributed by atoms with Crippen LogP contribution in [0.15, 0.2) is 16.7 Å². The Bertz CT molecular complexity index is 470. The lowest BCUT2D eigenvalue weighted by molar-refractivity contribution is 0.517. The summed E-state index contributed by atoms with van der Waals surface area (Å²) in [6, 6.07) is 1.96. The average molecular weight is 219 g/mol. The van der Waals surface area contributed by atoms with Crippen LogP contribution in [0.2, 0.25) is 0 Å². The molecule has 3 N–H and O–H groups in total. The Balaban J connectivity index is 2.47. The average Bonchev–Trinajstić information content (AvgIpc) is 2.87. The number of anilines is 1. The lowest BCUT2D eigenvalue weighted by Crippen LogP contribution is -1.93. The van der Waals surface area contributed by atoms with Crippen molar-refractivity contribution in [1.82, 2.24) is 10.2 Å². The molecule has 0 spiro atoms. The fourth-order valence-corrected chi connectivity index (χ4v) is 1.94. The van der Waals surface area contributed by atoms with Gasteiger partial charge in [0.1, 0.15) is 11.6 Å². The molecule has 2 heterocycles. The van der Waals surface area contributed by atoms with Crippen LogP contribution in [0.4, 0.5) is 5.82 Å². The molecule has 86 valence electrons. The standard InChI is InChI=1S/C12H17N3O/c1-3-5-9-11(14-15-12(9)13)8-6-7-16-10(8)4-2/h6-7H,3-5H2,1-2H3,(H3,13,14,15). The van der Waals surface area contributed by atoms with E-state index in [-0.39, 0.29) is 0 Å². The molecule has 2 aromatic heterocycles. The highest BCUT2D eigenvalue weighted by atomic mass is 16.3. The maximum absolute atomic E-state index is 5.85. The van der Waals surface area contributed by atoms with Gasteiger partial charge in [0.15, 0.2) is 0 Å². The van der Waals surface area contributed by atoms with E-state index in [2.05, 4.69) is 24.0 Å². The number of aromatic nitrogens is 2. The van der Waals surface area contributed by atoms with Crippen molar-refractivity contribution in [2.45, 2.75) is 33.1 Å². The summed E-state index contributed by atoms with van der Waals surface area (Å²) in [6.07, 6.45) is 4.57. The number of nitrogen functional groups attached to an aromatic ring is 1. The van der Waals surface area contributed by atoms with E-state index in [0.717, 1.165) is 41.8 Å². The maximum Gasteiger partial charge on any atom is 0.149 e. The zero-order chi connectivity index (χ0) is 11.5. The molecule has 2 rings (SSSR count). The number of H-pyrrole nitrogens is 1. The molecule has 4 nitrogen and oxygen atoms in total. The van der Waals surface area contributed by atoms with Gasteiger partial charge < -0.3 is 10.2 Å². The van der Waals surface area contributed by atoms with Crippen molar-refractivity contribution in [3.63, 3.8) is 0 Å². The first-order valence-electron chi connectivity index (χ1n) is 5.67. The van der Waals surface area contributed by atoms with Crippen LogP contribution in [0.1, 0.15) is 31.6 Å². The lowest BCUT2D eigenvalue weighted by Gasteiger charge is -2.02. The Labute approximate surface area is 94.8 Å². The van der Waals surface area contributed by atoms with E-state index in [1.165, 1.54) is 0 Å². The molecular weight excluding hydrogens is 202 g/mol. The van der Waals surface area contributed by atoms with Gasteiger partial charge in [-0.05, 0) is 12.5 Å². The van der Waals surface area contributed by atoms with Crippen molar-refractivity contribution in [3.8, 4) is 11.3 Å². The van der Waals surface area contributed by atoms with Crippen molar-refractivity contribution in [3.05, 3.63) is 23.7 Å². The van der Waals surface area contributed by atoms with E-state index in [4.69, 9.17) is 10.2 Å². The first-order valence-corrected chi connectivity index (χ1v) is 5.67. The fourth-order valence-electron chi connectivity index (χ4n) is 1.94. The number of aryl methyl sites for hydroxylation is 1. The van der Waals surface area contributed by atoms with Crippen molar-refractivity contribution < 1.29 is 4.42 Å². The Morgan fingerprint density at radius 3 is 2.94 bits per heavy atom. The fraction of sp³-hybridized carbons (Fsp3) is 0.417. The number of nitrogens with zero attached hydrogens (tertiary/aromatic N) is 1. The second-order valence-electron chi connectivity index (χ2n) is 3.82. The first-order chi connectivity index (χ1) is 7.77. The largest absolute Gasteiger partial charge is 0.469 e. The van der Waals surface area contributed by atoms with Crippen LogP contribution < -0.4 is 5.73 Å². The summed E-state index contributed by atoms with van der Waals surface area (Å²) in [4.78, 5) is 0. The molecule has 16 heavy (non-hydrogen) atoms. The second-order valence-corrected chi connectivity index (χ2v) is 3.82. The van der Waals surface area contributed by atoms with Crippen LogP contribution in [0, 0.1) is 0 Å². The van der Waals surface area contributed by atoms with Gasteiger partial charge in [-0.15, -0.1) is 0 Å². The van der Waals surface area contributed by atoms with Crippen molar-refractivity contribution >= 4 is 5.82 Å². The number of nitrogens with one attached hydrogen (secondary N) is 1. The van der Waals surface area contributed by atoms with Crippen LogP contribution in [-0.4, -0.2) is 10.2 Å². The first kappa shape index (κ1) is 10.8. The molecule has 0 saturated heterocycles. The van der Waals surface area contributed by atoms with Crippen LogP contribution in [0.5, 0.6) is 0 Å². The molecule has 0 atom stereocenters. The second kappa shape index (κ2) is 4.43. The summed E-state index contributed by atoms with van der Waals surface area (Å²) in [7, 11) is 0. The molecule has 2 aromatic rings. The highest BCUT2D eigenvalue weighted by molar-refractivity contribution is 5.69. The SMILES string of the molecule is CCCc1c(N)n[nH]c1-c1ccoc1CC. The van der Waals surface area contributed by atoms with E-state index in [1.807, 2.05) is 6.07 Å². The molecule has 0 aliphatic rings.